The van der Waals surface area contributed by atoms with Crippen molar-refractivity contribution in [3.05, 3.63) is 89.7 Å². The van der Waals surface area contributed by atoms with Gasteiger partial charge in [-0.15, -0.1) is 0 Å². The van der Waals surface area contributed by atoms with Gasteiger partial charge in [0.05, 0.1) is 11.0 Å². The van der Waals surface area contributed by atoms with Gasteiger partial charge in [-0.05, 0) is 60.6 Å². The number of hydrogen-bond acceptors (Lipinski definition) is 3. The van der Waals surface area contributed by atoms with E-state index in [0.29, 0.717) is 37.9 Å². The van der Waals surface area contributed by atoms with Crippen molar-refractivity contribution in [1.29, 1.82) is 0 Å². The number of pyridine rings is 1. The number of likely N-dealkylation sites (tertiary alicyclic amines) is 1. The number of aromatic nitrogens is 1. The number of rotatable bonds is 5. The molecule has 5 heteroatoms. The molecule has 3 aromatic rings. The second-order valence-corrected chi connectivity index (χ2v) is 9.21. The molecule has 170 valence electrons. The van der Waals surface area contributed by atoms with Crippen LogP contribution < -0.4 is 0 Å². The molecule has 2 aromatic carbocycles. The lowest BCUT2D eigenvalue weighted by Gasteiger charge is -2.42. The zero-order valence-corrected chi connectivity index (χ0v) is 19.6. The topological polar surface area (TPSA) is 53.5 Å². The minimum atomic E-state index is -0.514. The van der Waals surface area contributed by atoms with Crippen molar-refractivity contribution in [2.75, 3.05) is 27.2 Å². The van der Waals surface area contributed by atoms with E-state index >= 15 is 0 Å². The van der Waals surface area contributed by atoms with Crippen LogP contribution >= 0.6 is 0 Å². The van der Waals surface area contributed by atoms with E-state index < -0.39 is 5.41 Å². The maximum absolute atomic E-state index is 13.4. The summed E-state index contributed by atoms with van der Waals surface area (Å²) in [6.07, 6.45) is 5.22. The van der Waals surface area contributed by atoms with E-state index in [0.717, 1.165) is 5.56 Å². The van der Waals surface area contributed by atoms with Crippen LogP contribution in [0.25, 0.3) is 11.1 Å². The summed E-state index contributed by atoms with van der Waals surface area (Å²) < 4.78 is 0. The lowest BCUT2D eigenvalue weighted by Crippen LogP contribution is -2.51. The summed E-state index contributed by atoms with van der Waals surface area (Å²) in [4.78, 5) is 33.9. The van der Waals surface area contributed by atoms with Crippen LogP contribution in [0.1, 0.15) is 34.3 Å². The molecular weight excluding hydrogens is 410 g/mol. The van der Waals surface area contributed by atoms with Crippen LogP contribution in [0.4, 0.5) is 0 Å². The summed E-state index contributed by atoms with van der Waals surface area (Å²) in [6, 6.07) is 20.5. The fourth-order valence-corrected chi connectivity index (χ4v) is 4.89. The molecule has 1 saturated heterocycles. The standard InChI is InChI=1S/C28H31N3O2/c1-21-8-4-5-12-25(21)23-10-6-9-22(18-23)19-28(27(33)30(2)3)13-16-31(17-14-28)26(32)24-11-7-15-29-20-24/h4-12,15,18,20H,13-14,16-17,19H2,1-3H3. The molecule has 0 saturated carbocycles. The third kappa shape index (κ3) is 4.82. The number of carbonyl (C=O) groups is 2. The summed E-state index contributed by atoms with van der Waals surface area (Å²) >= 11 is 0. The average Bonchev–Trinajstić information content (AvgIpc) is 2.84. The first kappa shape index (κ1) is 22.7. The number of benzene rings is 2. The highest BCUT2D eigenvalue weighted by atomic mass is 16.2. The normalized spacial score (nSPS) is 15.2. The average molecular weight is 442 g/mol. The first-order chi connectivity index (χ1) is 15.9. The van der Waals surface area contributed by atoms with Gasteiger partial charge in [-0.1, -0.05) is 48.5 Å². The van der Waals surface area contributed by atoms with E-state index in [1.54, 1.807) is 29.4 Å². The van der Waals surface area contributed by atoms with Crippen LogP contribution in [-0.4, -0.2) is 53.8 Å². The summed E-state index contributed by atoms with van der Waals surface area (Å²) in [5, 5.41) is 0. The molecule has 1 aliphatic rings. The molecule has 2 amide bonds. The molecule has 0 radical (unpaired) electrons. The summed E-state index contributed by atoms with van der Waals surface area (Å²) in [5.41, 5.74) is 4.84. The maximum Gasteiger partial charge on any atom is 0.255 e. The van der Waals surface area contributed by atoms with Gasteiger partial charge in [0.25, 0.3) is 5.91 Å². The highest BCUT2D eigenvalue weighted by Gasteiger charge is 2.43. The van der Waals surface area contributed by atoms with Crippen LogP contribution in [0.5, 0.6) is 0 Å². The van der Waals surface area contributed by atoms with E-state index in [4.69, 9.17) is 0 Å². The number of carbonyl (C=O) groups excluding carboxylic acids is 2. The van der Waals surface area contributed by atoms with Crippen LogP contribution in [0, 0.1) is 12.3 Å². The fraction of sp³-hybridized carbons (Fsp3) is 0.321. The van der Waals surface area contributed by atoms with Gasteiger partial charge in [-0.3, -0.25) is 14.6 Å². The third-order valence-electron chi connectivity index (χ3n) is 6.70. The van der Waals surface area contributed by atoms with Gasteiger partial charge in [0, 0.05) is 39.6 Å². The molecule has 2 heterocycles. The molecule has 1 aliphatic heterocycles. The minimum Gasteiger partial charge on any atom is -0.348 e. The van der Waals surface area contributed by atoms with Crippen LogP contribution in [0.3, 0.4) is 0 Å². The van der Waals surface area contributed by atoms with E-state index in [2.05, 4.69) is 54.4 Å². The Bertz CT molecular complexity index is 1130. The van der Waals surface area contributed by atoms with Crippen molar-refractivity contribution in [2.45, 2.75) is 26.2 Å². The van der Waals surface area contributed by atoms with Gasteiger partial charge in [-0.2, -0.15) is 0 Å². The molecule has 33 heavy (non-hydrogen) atoms. The molecule has 1 aromatic heterocycles. The number of hydrogen-bond donors (Lipinski definition) is 0. The van der Waals surface area contributed by atoms with Crippen molar-refractivity contribution in [3.63, 3.8) is 0 Å². The van der Waals surface area contributed by atoms with Gasteiger partial charge in [0.2, 0.25) is 5.91 Å². The largest absolute Gasteiger partial charge is 0.348 e. The first-order valence-corrected chi connectivity index (χ1v) is 11.5. The fourth-order valence-electron chi connectivity index (χ4n) is 4.89. The Morgan fingerprint density at radius 3 is 2.42 bits per heavy atom. The maximum atomic E-state index is 13.4. The van der Waals surface area contributed by atoms with Crippen molar-refractivity contribution in [3.8, 4) is 11.1 Å². The summed E-state index contributed by atoms with van der Waals surface area (Å²) in [5.74, 6) is 0.118. The number of amides is 2. The van der Waals surface area contributed by atoms with Gasteiger partial charge in [0.15, 0.2) is 0 Å². The highest BCUT2D eigenvalue weighted by Crippen LogP contribution is 2.38. The summed E-state index contributed by atoms with van der Waals surface area (Å²) in [6.45, 7) is 3.24. The van der Waals surface area contributed by atoms with Crippen molar-refractivity contribution in [1.82, 2.24) is 14.8 Å². The number of aryl methyl sites for hydroxylation is 1. The molecule has 0 aliphatic carbocycles. The smallest absolute Gasteiger partial charge is 0.255 e. The second-order valence-electron chi connectivity index (χ2n) is 9.21. The van der Waals surface area contributed by atoms with E-state index in [-0.39, 0.29) is 11.8 Å². The first-order valence-electron chi connectivity index (χ1n) is 11.5. The summed E-state index contributed by atoms with van der Waals surface area (Å²) in [7, 11) is 3.64. The molecule has 0 unspecified atom stereocenters. The van der Waals surface area contributed by atoms with Crippen LogP contribution in [0.15, 0.2) is 73.1 Å². The molecule has 0 spiro atoms. The van der Waals surface area contributed by atoms with Crippen molar-refractivity contribution >= 4 is 11.8 Å². The lowest BCUT2D eigenvalue weighted by atomic mass is 9.72. The van der Waals surface area contributed by atoms with Crippen LogP contribution in [0.2, 0.25) is 0 Å². The minimum absolute atomic E-state index is 0.0180. The monoisotopic (exact) mass is 441 g/mol. The Balaban J connectivity index is 1.57. The molecule has 0 atom stereocenters. The molecule has 0 bridgehead atoms. The SMILES string of the molecule is Cc1ccccc1-c1cccc(CC2(C(=O)N(C)C)CCN(C(=O)c3cccnc3)CC2)c1. The Hall–Kier alpha value is -3.47. The molecule has 4 rings (SSSR count). The number of nitrogens with zero attached hydrogens (tertiary/aromatic N) is 3. The van der Waals surface area contributed by atoms with Crippen molar-refractivity contribution < 1.29 is 9.59 Å². The number of piperidine rings is 1. The lowest BCUT2D eigenvalue weighted by molar-refractivity contribution is -0.142. The van der Waals surface area contributed by atoms with E-state index in [9.17, 15) is 9.59 Å². The van der Waals surface area contributed by atoms with Gasteiger partial charge >= 0.3 is 0 Å². The quantitative estimate of drug-likeness (QED) is 0.581. The van der Waals surface area contributed by atoms with Crippen molar-refractivity contribution in [2.24, 2.45) is 5.41 Å². The Kier molecular flexibility index (Phi) is 6.59. The molecular formula is C28H31N3O2. The second kappa shape index (κ2) is 9.57. The molecule has 0 N–H and O–H groups in total. The predicted molar refractivity (Wildman–Crippen MR) is 131 cm³/mol. The van der Waals surface area contributed by atoms with Gasteiger partial charge < -0.3 is 9.80 Å². The third-order valence-corrected chi connectivity index (χ3v) is 6.70. The zero-order chi connectivity index (χ0) is 23.4. The highest BCUT2D eigenvalue weighted by molar-refractivity contribution is 5.94. The predicted octanol–water partition coefficient (Wildman–Crippen LogP) is 4.61. The van der Waals surface area contributed by atoms with Gasteiger partial charge in [-0.25, -0.2) is 0 Å². The Morgan fingerprint density at radius 1 is 1.00 bits per heavy atom. The van der Waals surface area contributed by atoms with Crippen LogP contribution in [-0.2, 0) is 11.2 Å². The zero-order valence-electron chi connectivity index (χ0n) is 19.6. The van der Waals surface area contributed by atoms with E-state index in [1.807, 2.05) is 25.1 Å². The van der Waals surface area contributed by atoms with Gasteiger partial charge in [0.1, 0.15) is 0 Å². The Labute approximate surface area is 196 Å². The Morgan fingerprint density at radius 2 is 1.76 bits per heavy atom. The molecule has 5 nitrogen and oxygen atoms in total. The molecule has 1 fully saturated rings. The van der Waals surface area contributed by atoms with E-state index in [1.165, 1.54) is 16.7 Å².